The Kier molecular flexibility index (Phi) is 4.72. The van der Waals surface area contributed by atoms with E-state index in [4.69, 9.17) is 0 Å². The highest BCUT2D eigenvalue weighted by Gasteiger charge is 2.10. The summed E-state index contributed by atoms with van der Waals surface area (Å²) in [6, 6.07) is 10.9. The summed E-state index contributed by atoms with van der Waals surface area (Å²) in [6.45, 7) is 6.94. The third-order valence-electron chi connectivity index (χ3n) is 3.21. The smallest absolute Gasteiger partial charge is 0.0188 e. The number of benzene rings is 1. The van der Waals surface area contributed by atoms with E-state index in [1.165, 1.54) is 24.8 Å². The van der Waals surface area contributed by atoms with Crippen LogP contribution in [0.3, 0.4) is 0 Å². The zero-order chi connectivity index (χ0) is 10.4. The van der Waals surface area contributed by atoms with Gasteiger partial charge in [-0.1, -0.05) is 63.9 Å². The first-order valence-corrected chi connectivity index (χ1v) is 5.82. The monoisotopic (exact) mass is 190 g/mol. The third kappa shape index (κ3) is 3.17. The lowest BCUT2D eigenvalue weighted by atomic mass is 9.87. The Hall–Kier alpha value is -0.780. The Morgan fingerprint density at radius 3 is 2.07 bits per heavy atom. The molecular formula is C14H22. The second kappa shape index (κ2) is 5.85. The highest BCUT2D eigenvalue weighted by atomic mass is 14.2. The van der Waals surface area contributed by atoms with E-state index in [1.807, 2.05) is 0 Å². The van der Waals surface area contributed by atoms with Crippen molar-refractivity contribution < 1.29 is 0 Å². The van der Waals surface area contributed by atoms with E-state index in [0.717, 1.165) is 5.92 Å². The predicted molar refractivity (Wildman–Crippen MR) is 63.5 cm³/mol. The van der Waals surface area contributed by atoms with Crippen molar-refractivity contribution in [3.63, 3.8) is 0 Å². The summed E-state index contributed by atoms with van der Waals surface area (Å²) >= 11 is 0. The molecule has 0 aromatic heterocycles. The fourth-order valence-corrected chi connectivity index (χ4v) is 2.04. The van der Waals surface area contributed by atoms with Gasteiger partial charge in [0.15, 0.2) is 0 Å². The first-order valence-electron chi connectivity index (χ1n) is 5.82. The molecule has 0 spiro atoms. The molecular weight excluding hydrogens is 168 g/mol. The highest BCUT2D eigenvalue weighted by Crippen LogP contribution is 2.26. The minimum Gasteiger partial charge on any atom is -0.0651 e. The summed E-state index contributed by atoms with van der Waals surface area (Å²) in [5.74, 6) is 1.60. The van der Waals surface area contributed by atoms with Crippen molar-refractivity contribution in [2.75, 3.05) is 0 Å². The Morgan fingerprint density at radius 2 is 1.57 bits per heavy atom. The van der Waals surface area contributed by atoms with E-state index in [-0.39, 0.29) is 0 Å². The predicted octanol–water partition coefficient (Wildman–Crippen LogP) is 4.62. The van der Waals surface area contributed by atoms with Crippen LogP contribution in [0.2, 0.25) is 0 Å². The van der Waals surface area contributed by atoms with Gasteiger partial charge >= 0.3 is 0 Å². The second-order valence-corrected chi connectivity index (χ2v) is 4.23. The highest BCUT2D eigenvalue weighted by molar-refractivity contribution is 5.18. The maximum Gasteiger partial charge on any atom is -0.0188 e. The van der Waals surface area contributed by atoms with Crippen LogP contribution in [0.15, 0.2) is 30.3 Å². The molecule has 0 fully saturated rings. The van der Waals surface area contributed by atoms with E-state index >= 15 is 0 Å². The van der Waals surface area contributed by atoms with Crippen LogP contribution in [0.5, 0.6) is 0 Å². The summed E-state index contributed by atoms with van der Waals surface area (Å²) in [5, 5.41) is 0. The molecule has 0 saturated carbocycles. The molecule has 1 rings (SSSR count). The Labute approximate surface area is 88.4 Å². The number of hydrogen-bond acceptors (Lipinski definition) is 0. The lowest BCUT2D eigenvalue weighted by Crippen LogP contribution is -2.03. The molecule has 78 valence electrons. The van der Waals surface area contributed by atoms with Gasteiger partial charge in [0.2, 0.25) is 0 Å². The van der Waals surface area contributed by atoms with Crippen LogP contribution in [0, 0.1) is 5.92 Å². The molecule has 0 amide bonds. The molecule has 0 aliphatic rings. The molecule has 0 aliphatic heterocycles. The van der Waals surface area contributed by atoms with Gasteiger partial charge in [-0.25, -0.2) is 0 Å². The topological polar surface area (TPSA) is 0 Å². The van der Waals surface area contributed by atoms with Crippen LogP contribution >= 0.6 is 0 Å². The van der Waals surface area contributed by atoms with Crippen LogP contribution in [0.25, 0.3) is 0 Å². The van der Waals surface area contributed by atoms with E-state index in [1.54, 1.807) is 0 Å². The summed E-state index contributed by atoms with van der Waals surface area (Å²) in [4.78, 5) is 0. The average molecular weight is 190 g/mol. The lowest BCUT2D eigenvalue weighted by Gasteiger charge is -2.18. The van der Waals surface area contributed by atoms with Crippen molar-refractivity contribution in [1.29, 1.82) is 0 Å². The maximum absolute atomic E-state index is 2.34. The van der Waals surface area contributed by atoms with E-state index in [2.05, 4.69) is 51.1 Å². The van der Waals surface area contributed by atoms with Crippen LogP contribution < -0.4 is 0 Å². The van der Waals surface area contributed by atoms with Gasteiger partial charge in [-0.2, -0.15) is 0 Å². The lowest BCUT2D eigenvalue weighted by molar-refractivity contribution is 0.422. The Bertz CT molecular complexity index is 233. The first kappa shape index (κ1) is 11.3. The summed E-state index contributed by atoms with van der Waals surface area (Å²) in [7, 11) is 0. The molecule has 0 radical (unpaired) electrons. The van der Waals surface area contributed by atoms with Crippen molar-refractivity contribution in [3.8, 4) is 0 Å². The van der Waals surface area contributed by atoms with Gasteiger partial charge in [-0.05, 0) is 23.8 Å². The van der Waals surface area contributed by atoms with Crippen molar-refractivity contribution in [1.82, 2.24) is 0 Å². The Balaban J connectivity index is 2.54. The average Bonchev–Trinajstić information content (AvgIpc) is 2.26. The van der Waals surface area contributed by atoms with E-state index in [0.29, 0.717) is 5.92 Å². The summed E-state index contributed by atoms with van der Waals surface area (Å²) < 4.78 is 0. The molecule has 0 heterocycles. The van der Waals surface area contributed by atoms with Gasteiger partial charge in [0.25, 0.3) is 0 Å². The van der Waals surface area contributed by atoms with Gasteiger partial charge in [0.1, 0.15) is 0 Å². The standard InChI is InChI=1S/C14H22/c1-4-13(5-2)11-12(3)14-9-7-6-8-10-14/h6-10,12-13H,4-5,11H2,1-3H3. The van der Waals surface area contributed by atoms with Crippen LogP contribution in [0.1, 0.15) is 51.5 Å². The first-order chi connectivity index (χ1) is 6.77. The summed E-state index contributed by atoms with van der Waals surface area (Å²) in [5.41, 5.74) is 1.49. The van der Waals surface area contributed by atoms with Gasteiger partial charge in [0.05, 0.1) is 0 Å². The van der Waals surface area contributed by atoms with Crippen molar-refractivity contribution in [2.24, 2.45) is 5.92 Å². The molecule has 0 bridgehead atoms. The van der Waals surface area contributed by atoms with Gasteiger partial charge in [-0.3, -0.25) is 0 Å². The van der Waals surface area contributed by atoms with Crippen molar-refractivity contribution in [2.45, 2.75) is 46.0 Å². The zero-order valence-electron chi connectivity index (χ0n) is 9.66. The second-order valence-electron chi connectivity index (χ2n) is 4.23. The normalized spacial score (nSPS) is 13.1. The van der Waals surface area contributed by atoms with Crippen LogP contribution in [0.4, 0.5) is 0 Å². The molecule has 0 saturated heterocycles. The molecule has 1 aromatic carbocycles. The van der Waals surface area contributed by atoms with Crippen molar-refractivity contribution in [3.05, 3.63) is 35.9 Å². The summed E-state index contributed by atoms with van der Waals surface area (Å²) in [6.07, 6.45) is 3.96. The molecule has 1 unspecified atom stereocenters. The third-order valence-corrected chi connectivity index (χ3v) is 3.21. The van der Waals surface area contributed by atoms with Crippen LogP contribution in [-0.2, 0) is 0 Å². The molecule has 14 heavy (non-hydrogen) atoms. The number of rotatable bonds is 5. The molecule has 0 N–H and O–H groups in total. The quantitative estimate of drug-likeness (QED) is 0.635. The maximum atomic E-state index is 2.34. The van der Waals surface area contributed by atoms with Gasteiger partial charge < -0.3 is 0 Å². The van der Waals surface area contributed by atoms with E-state index < -0.39 is 0 Å². The molecule has 0 nitrogen and oxygen atoms in total. The van der Waals surface area contributed by atoms with Crippen LogP contribution in [-0.4, -0.2) is 0 Å². The number of hydrogen-bond donors (Lipinski definition) is 0. The van der Waals surface area contributed by atoms with E-state index in [9.17, 15) is 0 Å². The SMILES string of the molecule is CCC(CC)CC(C)c1ccccc1. The minimum atomic E-state index is 0.709. The molecule has 1 atom stereocenters. The Morgan fingerprint density at radius 1 is 1.00 bits per heavy atom. The fourth-order valence-electron chi connectivity index (χ4n) is 2.04. The minimum absolute atomic E-state index is 0.709. The van der Waals surface area contributed by atoms with Crippen molar-refractivity contribution >= 4 is 0 Å². The zero-order valence-corrected chi connectivity index (χ0v) is 9.66. The molecule has 0 heteroatoms. The van der Waals surface area contributed by atoms with Gasteiger partial charge in [0, 0.05) is 0 Å². The largest absolute Gasteiger partial charge is 0.0651 e. The van der Waals surface area contributed by atoms with Gasteiger partial charge in [-0.15, -0.1) is 0 Å². The fraction of sp³-hybridized carbons (Fsp3) is 0.571. The molecule has 0 aliphatic carbocycles. The molecule has 1 aromatic rings.